The number of benzene rings is 3. The second-order valence-electron chi connectivity index (χ2n) is 7.26. The number of aliphatic imine (C=N–C) groups is 1. The van der Waals surface area contributed by atoms with Crippen molar-refractivity contribution in [3.8, 4) is 0 Å². The molecule has 3 aromatic rings. The number of hydrogen-bond donors (Lipinski definition) is 1. The third-order valence-corrected chi connectivity index (χ3v) is 5.31. The summed E-state index contributed by atoms with van der Waals surface area (Å²) >= 11 is 0. The number of carbonyl (C=O) groups is 1. The molecule has 154 valence electrons. The van der Waals surface area contributed by atoms with Crippen molar-refractivity contribution in [2.24, 2.45) is 10.1 Å². The molecule has 1 aliphatic heterocycles. The van der Waals surface area contributed by atoms with Crippen molar-refractivity contribution in [1.29, 1.82) is 0 Å². The standard InChI is InChI=1S/C24H20N4O3/c25-28-26-16-19-13-7-8-14-20(19)21-24(23(29)30,15-17-9-3-1-4-10-17)27-22(31-21)18-11-5-2-6-12-18/h1-14,21H,15-16H2,(H,29,30)/t21-,24-/m0/s1. The molecule has 1 N–H and O–H groups in total. The predicted octanol–water partition coefficient (Wildman–Crippen LogP) is 5.08. The van der Waals surface area contributed by atoms with Crippen LogP contribution in [0.2, 0.25) is 0 Å². The number of ether oxygens (including phenoxy) is 1. The summed E-state index contributed by atoms with van der Waals surface area (Å²) in [4.78, 5) is 20.2. The zero-order valence-corrected chi connectivity index (χ0v) is 16.6. The summed E-state index contributed by atoms with van der Waals surface area (Å²) < 4.78 is 6.24. The minimum absolute atomic E-state index is 0.0915. The Balaban J connectivity index is 1.87. The van der Waals surface area contributed by atoms with Gasteiger partial charge in [0.05, 0.1) is 6.54 Å². The Morgan fingerprint density at radius 2 is 1.68 bits per heavy atom. The summed E-state index contributed by atoms with van der Waals surface area (Å²) in [6, 6.07) is 25.9. The number of carboxylic acids is 1. The van der Waals surface area contributed by atoms with Crippen molar-refractivity contribution in [1.82, 2.24) is 0 Å². The SMILES string of the molecule is [N-]=[N+]=NCc1ccccc1[C@@H]1OC(c2ccccc2)=N[C@]1(Cc1ccccc1)C(=O)O. The van der Waals surface area contributed by atoms with Crippen molar-refractivity contribution in [3.63, 3.8) is 0 Å². The zero-order valence-electron chi connectivity index (χ0n) is 16.6. The third-order valence-electron chi connectivity index (χ3n) is 5.31. The first kappa shape index (κ1) is 20.2. The van der Waals surface area contributed by atoms with E-state index in [1.807, 2.05) is 78.9 Å². The number of hydrogen-bond acceptors (Lipinski definition) is 4. The molecule has 0 fully saturated rings. The van der Waals surface area contributed by atoms with Crippen LogP contribution in [0, 0.1) is 0 Å². The van der Waals surface area contributed by atoms with E-state index < -0.39 is 17.6 Å². The maximum absolute atomic E-state index is 12.7. The number of rotatable bonds is 7. The summed E-state index contributed by atoms with van der Waals surface area (Å²) in [5, 5.41) is 14.1. The first-order valence-corrected chi connectivity index (χ1v) is 9.82. The second kappa shape index (κ2) is 8.73. The lowest BCUT2D eigenvalue weighted by atomic mass is 9.81. The van der Waals surface area contributed by atoms with E-state index in [0.29, 0.717) is 16.7 Å². The van der Waals surface area contributed by atoms with Gasteiger partial charge in [0.2, 0.25) is 11.4 Å². The fraction of sp³-hybridized carbons (Fsp3) is 0.167. The number of aliphatic carboxylic acids is 1. The fourth-order valence-corrected chi connectivity index (χ4v) is 3.83. The molecule has 0 aliphatic carbocycles. The van der Waals surface area contributed by atoms with Gasteiger partial charge in [-0.2, -0.15) is 0 Å². The second-order valence-corrected chi connectivity index (χ2v) is 7.26. The first-order valence-electron chi connectivity index (χ1n) is 9.82. The summed E-state index contributed by atoms with van der Waals surface area (Å²) in [6.45, 7) is 0.0915. The van der Waals surface area contributed by atoms with E-state index in [4.69, 9.17) is 10.3 Å². The molecule has 0 saturated carbocycles. The van der Waals surface area contributed by atoms with Crippen LogP contribution in [-0.2, 0) is 22.5 Å². The lowest BCUT2D eigenvalue weighted by Gasteiger charge is -2.29. The molecule has 1 aliphatic rings. The molecule has 31 heavy (non-hydrogen) atoms. The van der Waals surface area contributed by atoms with E-state index in [1.54, 1.807) is 6.07 Å². The van der Waals surface area contributed by atoms with Crippen molar-refractivity contribution in [2.45, 2.75) is 24.6 Å². The Morgan fingerprint density at radius 3 is 2.35 bits per heavy atom. The Bertz CT molecular complexity index is 1160. The Labute approximate surface area is 179 Å². The van der Waals surface area contributed by atoms with Gasteiger partial charge in [0, 0.05) is 16.9 Å². The molecule has 0 bridgehead atoms. The van der Waals surface area contributed by atoms with Gasteiger partial charge in [-0.25, -0.2) is 9.79 Å². The summed E-state index contributed by atoms with van der Waals surface area (Å²) in [5.74, 6) is -0.798. The van der Waals surface area contributed by atoms with Gasteiger partial charge in [-0.15, -0.1) is 0 Å². The molecular weight excluding hydrogens is 392 g/mol. The van der Waals surface area contributed by atoms with Gasteiger partial charge in [-0.3, -0.25) is 0 Å². The maximum Gasteiger partial charge on any atom is 0.336 e. The minimum Gasteiger partial charge on any atom is -0.479 e. The van der Waals surface area contributed by atoms with Crippen molar-refractivity contribution in [2.75, 3.05) is 0 Å². The smallest absolute Gasteiger partial charge is 0.336 e. The van der Waals surface area contributed by atoms with Crippen LogP contribution >= 0.6 is 0 Å². The van der Waals surface area contributed by atoms with E-state index in [2.05, 4.69) is 15.0 Å². The highest BCUT2D eigenvalue weighted by Crippen LogP contribution is 2.43. The van der Waals surface area contributed by atoms with E-state index >= 15 is 0 Å². The van der Waals surface area contributed by atoms with Gasteiger partial charge in [0.15, 0.2) is 6.10 Å². The zero-order chi connectivity index (χ0) is 21.7. The molecular formula is C24H20N4O3. The van der Waals surface area contributed by atoms with Crippen molar-refractivity contribution < 1.29 is 14.6 Å². The Hall–Kier alpha value is -4.09. The van der Waals surface area contributed by atoms with Gasteiger partial charge in [0.1, 0.15) is 0 Å². The third kappa shape index (κ3) is 3.99. The lowest BCUT2D eigenvalue weighted by Crippen LogP contribution is -2.43. The molecule has 0 radical (unpaired) electrons. The molecule has 0 saturated heterocycles. The van der Waals surface area contributed by atoms with Crippen LogP contribution in [0.4, 0.5) is 0 Å². The highest BCUT2D eigenvalue weighted by molar-refractivity contribution is 5.99. The fourth-order valence-electron chi connectivity index (χ4n) is 3.83. The molecule has 1 heterocycles. The van der Waals surface area contributed by atoms with E-state index in [9.17, 15) is 9.90 Å². The molecule has 0 spiro atoms. The number of azide groups is 1. The van der Waals surface area contributed by atoms with Crippen LogP contribution in [0.3, 0.4) is 0 Å². The molecule has 7 heteroatoms. The molecule has 3 aromatic carbocycles. The maximum atomic E-state index is 12.7. The van der Waals surface area contributed by atoms with Crippen LogP contribution in [-0.4, -0.2) is 22.5 Å². The minimum atomic E-state index is -1.57. The van der Waals surface area contributed by atoms with Crippen molar-refractivity contribution in [3.05, 3.63) is 118 Å². The van der Waals surface area contributed by atoms with Crippen LogP contribution in [0.5, 0.6) is 0 Å². The Morgan fingerprint density at radius 1 is 1.03 bits per heavy atom. The van der Waals surface area contributed by atoms with E-state index in [1.165, 1.54) is 0 Å². The molecule has 7 nitrogen and oxygen atoms in total. The average molecular weight is 412 g/mol. The summed E-state index contributed by atoms with van der Waals surface area (Å²) in [6.07, 6.45) is -0.731. The first-order chi connectivity index (χ1) is 15.1. The topological polar surface area (TPSA) is 108 Å². The normalized spacial score (nSPS) is 19.7. The van der Waals surface area contributed by atoms with E-state index in [-0.39, 0.29) is 18.9 Å². The molecule has 0 amide bonds. The van der Waals surface area contributed by atoms with Gasteiger partial charge in [-0.05, 0) is 34.4 Å². The quantitative estimate of drug-likeness (QED) is 0.332. The highest BCUT2D eigenvalue weighted by Gasteiger charge is 2.54. The Kier molecular flexibility index (Phi) is 5.69. The molecule has 0 unspecified atom stereocenters. The summed E-state index contributed by atoms with van der Waals surface area (Å²) in [5.41, 5.74) is 10.1. The highest BCUT2D eigenvalue weighted by atomic mass is 16.5. The van der Waals surface area contributed by atoms with Crippen LogP contribution in [0.25, 0.3) is 10.4 Å². The van der Waals surface area contributed by atoms with Gasteiger partial charge < -0.3 is 9.84 Å². The van der Waals surface area contributed by atoms with Crippen LogP contribution < -0.4 is 0 Å². The van der Waals surface area contributed by atoms with Crippen molar-refractivity contribution >= 4 is 11.9 Å². The number of carboxylic acid groups (broad SMARTS) is 1. The van der Waals surface area contributed by atoms with Crippen LogP contribution in [0.1, 0.15) is 28.4 Å². The van der Waals surface area contributed by atoms with Crippen LogP contribution in [0.15, 0.2) is 95.0 Å². The van der Waals surface area contributed by atoms with Gasteiger partial charge in [0.25, 0.3) is 0 Å². The largest absolute Gasteiger partial charge is 0.479 e. The van der Waals surface area contributed by atoms with E-state index in [0.717, 1.165) is 5.56 Å². The lowest BCUT2D eigenvalue weighted by molar-refractivity contribution is -0.146. The summed E-state index contributed by atoms with van der Waals surface area (Å²) in [7, 11) is 0. The average Bonchev–Trinajstić information content (AvgIpc) is 3.19. The van der Waals surface area contributed by atoms with Gasteiger partial charge >= 0.3 is 5.97 Å². The molecule has 4 rings (SSSR count). The number of nitrogens with zero attached hydrogens (tertiary/aromatic N) is 4. The monoisotopic (exact) mass is 412 g/mol. The molecule has 0 aromatic heterocycles. The predicted molar refractivity (Wildman–Crippen MR) is 117 cm³/mol. The molecule has 2 atom stereocenters. The van der Waals surface area contributed by atoms with Gasteiger partial charge in [-0.1, -0.05) is 77.9 Å².